The molecule has 2 aromatic rings. The van der Waals surface area contributed by atoms with Crippen molar-refractivity contribution in [1.29, 1.82) is 0 Å². The summed E-state index contributed by atoms with van der Waals surface area (Å²) in [7, 11) is 0. The Morgan fingerprint density at radius 1 is 1.26 bits per heavy atom. The van der Waals surface area contributed by atoms with Crippen LogP contribution in [0.15, 0.2) is 30.6 Å². The molecule has 0 bridgehead atoms. The van der Waals surface area contributed by atoms with E-state index < -0.39 is 5.60 Å². The average Bonchev–Trinajstić information content (AvgIpc) is 2.64. The van der Waals surface area contributed by atoms with E-state index >= 15 is 0 Å². The molecule has 0 amide bonds. The Morgan fingerprint density at radius 3 is 2.78 bits per heavy atom. The fourth-order valence-electron chi connectivity index (χ4n) is 3.36. The number of nitrogens with zero attached hydrogens (tertiary/aromatic N) is 2. The number of aliphatic hydroxyl groups is 2. The van der Waals surface area contributed by atoms with E-state index in [-0.39, 0.29) is 12.6 Å². The van der Waals surface area contributed by atoms with Gasteiger partial charge in [-0.05, 0) is 57.2 Å². The van der Waals surface area contributed by atoms with E-state index in [1.54, 1.807) is 12.4 Å². The summed E-state index contributed by atoms with van der Waals surface area (Å²) >= 11 is 6.14. The van der Waals surface area contributed by atoms with Crippen LogP contribution >= 0.6 is 11.6 Å². The first-order valence-corrected chi connectivity index (χ1v) is 9.80. The maximum atomic E-state index is 10.2. The smallest absolute Gasteiger partial charge is 0.131 e. The van der Waals surface area contributed by atoms with Gasteiger partial charge in [-0.1, -0.05) is 11.6 Å². The lowest BCUT2D eigenvalue weighted by atomic mass is 9.83. The minimum Gasteiger partial charge on any atom is -0.396 e. The van der Waals surface area contributed by atoms with E-state index in [1.807, 2.05) is 25.1 Å². The highest BCUT2D eigenvalue weighted by atomic mass is 35.5. The molecule has 0 aromatic carbocycles. The summed E-state index contributed by atoms with van der Waals surface area (Å²) in [5, 5.41) is 26.4. The molecule has 2 aromatic heterocycles. The summed E-state index contributed by atoms with van der Waals surface area (Å²) in [6.07, 6.45) is 7.56. The molecular formula is C20H27ClN4O2. The summed E-state index contributed by atoms with van der Waals surface area (Å²) in [5.41, 5.74) is 2.98. The van der Waals surface area contributed by atoms with Crippen molar-refractivity contribution in [2.24, 2.45) is 0 Å². The van der Waals surface area contributed by atoms with Crippen LogP contribution < -0.4 is 10.6 Å². The maximum absolute atomic E-state index is 10.2. The number of hydrogen-bond donors (Lipinski definition) is 4. The molecule has 146 valence electrons. The number of halogens is 1. The highest BCUT2D eigenvalue weighted by molar-refractivity contribution is 6.29. The molecule has 6 nitrogen and oxygen atoms in total. The van der Waals surface area contributed by atoms with Gasteiger partial charge >= 0.3 is 0 Å². The zero-order valence-electron chi connectivity index (χ0n) is 15.6. The topological polar surface area (TPSA) is 90.3 Å². The van der Waals surface area contributed by atoms with Crippen molar-refractivity contribution in [3.05, 3.63) is 35.7 Å². The van der Waals surface area contributed by atoms with E-state index in [4.69, 9.17) is 16.7 Å². The van der Waals surface area contributed by atoms with Gasteiger partial charge in [0.2, 0.25) is 0 Å². The molecular weight excluding hydrogens is 364 g/mol. The summed E-state index contributed by atoms with van der Waals surface area (Å²) in [4.78, 5) is 8.72. The van der Waals surface area contributed by atoms with E-state index in [9.17, 15) is 5.11 Å². The SMILES string of the molecule is CC1(O)CCC(Nc2cc(Cl)ncc2-c2cc(NCCCO)ccn2)CC1. The van der Waals surface area contributed by atoms with Crippen LogP contribution in [0, 0.1) is 0 Å². The molecule has 1 aliphatic carbocycles. The van der Waals surface area contributed by atoms with Crippen molar-refractivity contribution in [3.63, 3.8) is 0 Å². The number of aromatic nitrogens is 2. The molecule has 3 rings (SSSR count). The summed E-state index contributed by atoms with van der Waals surface area (Å²) in [5.74, 6) is 0. The standard InChI is InChI=1S/C20H27ClN4O2/c1-20(27)6-3-14(4-7-20)25-18-12-19(21)24-13-16(18)17-11-15(5-9-23-17)22-8-2-10-26/h5,9,11-14,26-27H,2-4,6-8,10H2,1H3,(H,22,23)(H,24,25). The van der Waals surface area contributed by atoms with Gasteiger partial charge in [-0.2, -0.15) is 0 Å². The second-order valence-electron chi connectivity index (χ2n) is 7.40. The molecule has 1 aliphatic rings. The summed E-state index contributed by atoms with van der Waals surface area (Å²) in [6, 6.07) is 5.99. The van der Waals surface area contributed by atoms with Gasteiger partial charge in [0.25, 0.3) is 0 Å². The Morgan fingerprint density at radius 2 is 2.04 bits per heavy atom. The van der Waals surface area contributed by atoms with Crippen LogP contribution in [-0.4, -0.2) is 45.0 Å². The predicted octanol–water partition coefficient (Wildman–Crippen LogP) is 3.70. The average molecular weight is 391 g/mol. The third-order valence-electron chi connectivity index (χ3n) is 4.99. The molecule has 2 heterocycles. The molecule has 0 aliphatic heterocycles. The third kappa shape index (κ3) is 5.54. The van der Waals surface area contributed by atoms with Crippen molar-refractivity contribution in [3.8, 4) is 11.3 Å². The molecule has 0 radical (unpaired) electrons. The van der Waals surface area contributed by atoms with Gasteiger partial charge in [0.1, 0.15) is 5.15 Å². The normalized spacial score (nSPS) is 22.4. The number of pyridine rings is 2. The molecule has 1 saturated carbocycles. The molecule has 27 heavy (non-hydrogen) atoms. The number of aliphatic hydroxyl groups excluding tert-OH is 1. The van der Waals surface area contributed by atoms with Crippen LogP contribution in [0.5, 0.6) is 0 Å². The van der Waals surface area contributed by atoms with Crippen LogP contribution in [0.3, 0.4) is 0 Å². The monoisotopic (exact) mass is 390 g/mol. The van der Waals surface area contributed by atoms with Gasteiger partial charge in [0.15, 0.2) is 0 Å². The Balaban J connectivity index is 1.79. The highest BCUT2D eigenvalue weighted by Gasteiger charge is 2.29. The summed E-state index contributed by atoms with van der Waals surface area (Å²) in [6.45, 7) is 2.76. The number of nitrogens with one attached hydrogen (secondary N) is 2. The second kappa shape index (κ2) is 8.87. The minimum absolute atomic E-state index is 0.161. The zero-order chi connectivity index (χ0) is 19.3. The molecule has 0 saturated heterocycles. The summed E-state index contributed by atoms with van der Waals surface area (Å²) < 4.78 is 0. The first kappa shape index (κ1) is 19.9. The van der Waals surface area contributed by atoms with Gasteiger partial charge in [0, 0.05) is 48.5 Å². The van der Waals surface area contributed by atoms with Crippen LogP contribution in [0.2, 0.25) is 5.15 Å². The van der Waals surface area contributed by atoms with Crippen molar-refractivity contribution in [1.82, 2.24) is 9.97 Å². The van der Waals surface area contributed by atoms with Gasteiger partial charge in [-0.3, -0.25) is 4.98 Å². The Labute approximate surface area is 165 Å². The molecule has 0 atom stereocenters. The molecule has 1 fully saturated rings. The van der Waals surface area contributed by atoms with Crippen molar-refractivity contribution < 1.29 is 10.2 Å². The lowest BCUT2D eigenvalue weighted by molar-refractivity contribution is 0.0196. The maximum Gasteiger partial charge on any atom is 0.131 e. The van der Waals surface area contributed by atoms with Gasteiger partial charge < -0.3 is 20.8 Å². The Hall–Kier alpha value is -1.89. The lowest BCUT2D eigenvalue weighted by Gasteiger charge is -2.34. The fourth-order valence-corrected chi connectivity index (χ4v) is 3.51. The first-order valence-electron chi connectivity index (χ1n) is 9.42. The van der Waals surface area contributed by atoms with E-state index in [0.717, 1.165) is 48.3 Å². The quantitative estimate of drug-likeness (QED) is 0.425. The minimum atomic E-state index is -0.562. The second-order valence-corrected chi connectivity index (χ2v) is 7.79. The Bertz CT molecular complexity index is 759. The van der Waals surface area contributed by atoms with E-state index in [0.29, 0.717) is 18.1 Å². The van der Waals surface area contributed by atoms with Crippen molar-refractivity contribution in [2.45, 2.75) is 50.7 Å². The van der Waals surface area contributed by atoms with Crippen LogP contribution in [0.25, 0.3) is 11.3 Å². The van der Waals surface area contributed by atoms with Gasteiger partial charge in [-0.25, -0.2) is 4.98 Å². The molecule has 7 heteroatoms. The molecule has 0 spiro atoms. The molecule has 4 N–H and O–H groups in total. The molecule has 0 unspecified atom stereocenters. The largest absolute Gasteiger partial charge is 0.396 e. The van der Waals surface area contributed by atoms with Gasteiger partial charge in [0.05, 0.1) is 11.3 Å². The first-order chi connectivity index (χ1) is 13.0. The van der Waals surface area contributed by atoms with Crippen molar-refractivity contribution in [2.75, 3.05) is 23.8 Å². The lowest BCUT2D eigenvalue weighted by Crippen LogP contribution is -2.35. The number of hydrogen-bond acceptors (Lipinski definition) is 6. The third-order valence-corrected chi connectivity index (χ3v) is 5.20. The van der Waals surface area contributed by atoms with Crippen LogP contribution in [0.4, 0.5) is 11.4 Å². The number of rotatable bonds is 7. The number of anilines is 2. The highest BCUT2D eigenvalue weighted by Crippen LogP contribution is 2.34. The Kier molecular flexibility index (Phi) is 6.52. The zero-order valence-corrected chi connectivity index (χ0v) is 16.3. The van der Waals surface area contributed by atoms with Crippen LogP contribution in [-0.2, 0) is 0 Å². The van der Waals surface area contributed by atoms with E-state index in [2.05, 4.69) is 20.6 Å². The predicted molar refractivity (Wildman–Crippen MR) is 109 cm³/mol. The van der Waals surface area contributed by atoms with Gasteiger partial charge in [-0.15, -0.1) is 0 Å². The van der Waals surface area contributed by atoms with Crippen molar-refractivity contribution >= 4 is 23.0 Å². The van der Waals surface area contributed by atoms with Crippen LogP contribution in [0.1, 0.15) is 39.0 Å². The fraction of sp³-hybridized carbons (Fsp3) is 0.500. The van der Waals surface area contributed by atoms with E-state index in [1.165, 1.54) is 0 Å².